The van der Waals surface area contributed by atoms with Crippen LogP contribution in [-0.2, 0) is 9.53 Å². The molecular weight excluding hydrogens is 180 g/mol. The highest BCUT2D eigenvalue weighted by molar-refractivity contribution is 5.84. The van der Waals surface area contributed by atoms with Crippen LogP contribution in [0.4, 0.5) is 0 Å². The first-order chi connectivity index (χ1) is 6.47. The Hall–Kier alpha value is -1.08. The zero-order valence-corrected chi connectivity index (χ0v) is 8.91. The summed E-state index contributed by atoms with van der Waals surface area (Å²) in [5, 5.41) is 8.83. The Kier molecular flexibility index (Phi) is 3.12. The topological polar surface area (TPSA) is 53.3 Å². The van der Waals surface area contributed by atoms with Crippen LogP contribution >= 0.6 is 0 Å². The van der Waals surface area contributed by atoms with Gasteiger partial charge in [0.25, 0.3) is 0 Å². The number of carbonyl (C=O) groups is 1. The number of nitriles is 1. The fourth-order valence-electron chi connectivity index (χ4n) is 1.45. The summed E-state index contributed by atoms with van der Waals surface area (Å²) in [6, 6.07) is 2.02. The summed E-state index contributed by atoms with van der Waals surface area (Å²) in [5.41, 5.74) is -0.920. The molecule has 4 heteroatoms. The van der Waals surface area contributed by atoms with Gasteiger partial charge in [-0.15, -0.1) is 0 Å². The van der Waals surface area contributed by atoms with Crippen molar-refractivity contribution in [2.75, 3.05) is 19.7 Å². The molecule has 0 spiro atoms. The molecule has 78 valence electrons. The molecule has 0 aromatic carbocycles. The molecule has 0 bridgehead atoms. The Labute approximate surface area is 84.4 Å². The van der Waals surface area contributed by atoms with Crippen molar-refractivity contribution in [3.05, 3.63) is 0 Å². The van der Waals surface area contributed by atoms with Crippen molar-refractivity contribution in [3.63, 3.8) is 0 Å². The van der Waals surface area contributed by atoms with Gasteiger partial charge in [-0.05, 0) is 20.8 Å². The summed E-state index contributed by atoms with van der Waals surface area (Å²) >= 11 is 0. The van der Waals surface area contributed by atoms with E-state index >= 15 is 0 Å². The number of rotatable bonds is 1. The summed E-state index contributed by atoms with van der Waals surface area (Å²) in [6.07, 6.45) is 0.0715. The predicted molar refractivity (Wildman–Crippen MR) is 51.4 cm³/mol. The van der Waals surface area contributed by atoms with E-state index in [4.69, 9.17) is 10.00 Å². The van der Waals surface area contributed by atoms with E-state index in [1.165, 1.54) is 0 Å². The van der Waals surface area contributed by atoms with Gasteiger partial charge in [-0.3, -0.25) is 4.79 Å². The highest BCUT2D eigenvalue weighted by atomic mass is 16.5. The zero-order valence-electron chi connectivity index (χ0n) is 8.91. The van der Waals surface area contributed by atoms with Crippen molar-refractivity contribution in [1.82, 2.24) is 4.90 Å². The first kappa shape index (κ1) is 11.0. The van der Waals surface area contributed by atoms with Crippen LogP contribution in [-0.4, -0.2) is 36.6 Å². The standard InChI is InChI=1S/C10H16N2O2/c1-8-6-12(4-5-14-8)9(13)10(2,3)7-11/h8H,4-6H2,1-3H3. The van der Waals surface area contributed by atoms with Gasteiger partial charge in [-0.25, -0.2) is 0 Å². The molecule has 0 N–H and O–H groups in total. The second-order valence-corrected chi connectivity index (χ2v) is 4.17. The number of ether oxygens (including phenoxy) is 1. The molecule has 1 rings (SSSR count). The molecule has 0 aliphatic carbocycles. The van der Waals surface area contributed by atoms with E-state index in [0.29, 0.717) is 19.7 Å². The number of morpholine rings is 1. The highest BCUT2D eigenvalue weighted by Crippen LogP contribution is 2.19. The van der Waals surface area contributed by atoms with Gasteiger partial charge in [0.05, 0.1) is 18.8 Å². The van der Waals surface area contributed by atoms with E-state index in [1.54, 1.807) is 18.7 Å². The molecule has 0 radical (unpaired) electrons. The second kappa shape index (κ2) is 3.97. The van der Waals surface area contributed by atoms with Crippen molar-refractivity contribution < 1.29 is 9.53 Å². The zero-order chi connectivity index (χ0) is 10.8. The summed E-state index contributed by atoms with van der Waals surface area (Å²) in [6.45, 7) is 6.97. The van der Waals surface area contributed by atoms with Crippen LogP contribution in [0.2, 0.25) is 0 Å². The number of hydrogen-bond donors (Lipinski definition) is 0. The Balaban J connectivity index is 2.66. The van der Waals surface area contributed by atoms with Gasteiger partial charge in [-0.2, -0.15) is 5.26 Å². The minimum atomic E-state index is -0.920. The lowest BCUT2D eigenvalue weighted by Crippen LogP contribution is -2.49. The van der Waals surface area contributed by atoms with Gasteiger partial charge >= 0.3 is 0 Å². The van der Waals surface area contributed by atoms with Gasteiger partial charge in [0.1, 0.15) is 5.41 Å². The number of amides is 1. The van der Waals surface area contributed by atoms with E-state index in [-0.39, 0.29) is 12.0 Å². The fourth-order valence-corrected chi connectivity index (χ4v) is 1.45. The molecule has 1 aliphatic heterocycles. The molecule has 1 atom stereocenters. The third-order valence-corrected chi connectivity index (χ3v) is 2.34. The number of nitrogens with zero attached hydrogens (tertiary/aromatic N) is 2. The monoisotopic (exact) mass is 196 g/mol. The SMILES string of the molecule is CC1CN(C(=O)C(C)(C)C#N)CCO1. The average Bonchev–Trinajstić information content (AvgIpc) is 2.16. The minimum Gasteiger partial charge on any atom is -0.375 e. The van der Waals surface area contributed by atoms with Crippen LogP contribution in [0.5, 0.6) is 0 Å². The van der Waals surface area contributed by atoms with E-state index in [9.17, 15) is 4.79 Å². The number of hydrogen-bond acceptors (Lipinski definition) is 3. The molecule has 14 heavy (non-hydrogen) atoms. The third kappa shape index (κ3) is 2.24. The van der Waals surface area contributed by atoms with Crippen molar-refractivity contribution in [1.29, 1.82) is 5.26 Å². The molecular formula is C10H16N2O2. The largest absolute Gasteiger partial charge is 0.375 e. The van der Waals surface area contributed by atoms with E-state index in [0.717, 1.165) is 0 Å². The Morgan fingerprint density at radius 3 is 2.79 bits per heavy atom. The van der Waals surface area contributed by atoms with E-state index in [2.05, 4.69) is 0 Å². The van der Waals surface area contributed by atoms with E-state index in [1.807, 2.05) is 13.0 Å². The van der Waals surface area contributed by atoms with Crippen molar-refractivity contribution in [3.8, 4) is 6.07 Å². The van der Waals surface area contributed by atoms with Crippen molar-refractivity contribution in [2.45, 2.75) is 26.9 Å². The van der Waals surface area contributed by atoms with Gasteiger partial charge in [0.15, 0.2) is 0 Å². The molecule has 1 saturated heterocycles. The molecule has 1 heterocycles. The maximum atomic E-state index is 11.8. The summed E-state index contributed by atoms with van der Waals surface area (Å²) in [4.78, 5) is 13.6. The fraction of sp³-hybridized carbons (Fsp3) is 0.800. The second-order valence-electron chi connectivity index (χ2n) is 4.17. The first-order valence-corrected chi connectivity index (χ1v) is 4.79. The lowest BCUT2D eigenvalue weighted by Gasteiger charge is -2.34. The summed E-state index contributed by atoms with van der Waals surface area (Å²) in [7, 11) is 0. The average molecular weight is 196 g/mol. The van der Waals surface area contributed by atoms with Crippen LogP contribution < -0.4 is 0 Å². The molecule has 1 unspecified atom stereocenters. The van der Waals surface area contributed by atoms with Crippen molar-refractivity contribution >= 4 is 5.91 Å². The third-order valence-electron chi connectivity index (χ3n) is 2.34. The maximum absolute atomic E-state index is 11.8. The van der Waals surface area contributed by atoms with Gasteiger partial charge in [0.2, 0.25) is 5.91 Å². The predicted octanol–water partition coefficient (Wildman–Crippen LogP) is 0.783. The summed E-state index contributed by atoms with van der Waals surface area (Å²) in [5.74, 6) is -0.102. The maximum Gasteiger partial charge on any atom is 0.242 e. The Bertz CT molecular complexity index is 268. The highest BCUT2D eigenvalue weighted by Gasteiger charge is 2.33. The van der Waals surface area contributed by atoms with Crippen LogP contribution in [0, 0.1) is 16.7 Å². The number of carbonyl (C=O) groups excluding carboxylic acids is 1. The quantitative estimate of drug-likeness (QED) is 0.623. The van der Waals surface area contributed by atoms with Crippen LogP contribution in [0.15, 0.2) is 0 Å². The Morgan fingerprint density at radius 1 is 1.64 bits per heavy atom. The molecule has 0 aromatic rings. The van der Waals surface area contributed by atoms with Gasteiger partial charge in [-0.1, -0.05) is 0 Å². The van der Waals surface area contributed by atoms with E-state index < -0.39 is 5.41 Å². The molecule has 1 fully saturated rings. The molecule has 0 aromatic heterocycles. The van der Waals surface area contributed by atoms with Crippen LogP contribution in [0.3, 0.4) is 0 Å². The van der Waals surface area contributed by atoms with Crippen molar-refractivity contribution in [2.24, 2.45) is 5.41 Å². The van der Waals surface area contributed by atoms with Crippen LogP contribution in [0.1, 0.15) is 20.8 Å². The smallest absolute Gasteiger partial charge is 0.242 e. The lowest BCUT2D eigenvalue weighted by atomic mass is 9.93. The molecule has 0 saturated carbocycles. The van der Waals surface area contributed by atoms with Crippen LogP contribution in [0.25, 0.3) is 0 Å². The van der Waals surface area contributed by atoms with Gasteiger partial charge in [0, 0.05) is 13.1 Å². The molecule has 4 nitrogen and oxygen atoms in total. The first-order valence-electron chi connectivity index (χ1n) is 4.79. The minimum absolute atomic E-state index is 0.0715. The Morgan fingerprint density at radius 2 is 2.29 bits per heavy atom. The molecule has 1 amide bonds. The van der Waals surface area contributed by atoms with Gasteiger partial charge < -0.3 is 9.64 Å². The summed E-state index contributed by atoms with van der Waals surface area (Å²) < 4.78 is 5.33. The normalized spacial score (nSPS) is 23.0. The molecule has 1 aliphatic rings. The lowest BCUT2D eigenvalue weighted by molar-refractivity contribution is -0.144.